The van der Waals surface area contributed by atoms with Crippen LogP contribution < -0.4 is 0 Å². The van der Waals surface area contributed by atoms with Gasteiger partial charge in [0.05, 0.1) is 6.61 Å². The van der Waals surface area contributed by atoms with Gasteiger partial charge < -0.3 is 4.74 Å². The fourth-order valence-electron chi connectivity index (χ4n) is 0.415. The van der Waals surface area contributed by atoms with Gasteiger partial charge in [-0.2, -0.15) is 0 Å². The second-order valence-electron chi connectivity index (χ2n) is 1.68. The van der Waals surface area contributed by atoms with Gasteiger partial charge in [-0.3, -0.25) is 9.59 Å². The molecule has 0 aromatic rings. The summed E-state index contributed by atoms with van der Waals surface area (Å²) in [7, 11) is 0. The van der Waals surface area contributed by atoms with Crippen LogP contribution in [-0.4, -0.2) is 18.4 Å². The third kappa shape index (κ3) is 7.72. The smallest absolute Gasteiger partial charge is 0.313 e. The summed E-state index contributed by atoms with van der Waals surface area (Å²) in [6.45, 7) is 3.40. The standard InChI is InChI=1S/C6H10O3.V/c1-3-9-6(8)4-5(2)7;/h3-4H2,1-2H3;. The second kappa shape index (κ2) is 6.84. The molecule has 1 radical (unpaired) electrons. The van der Waals surface area contributed by atoms with Crippen molar-refractivity contribution in [3.05, 3.63) is 0 Å². The first-order valence-electron chi connectivity index (χ1n) is 2.82. The first-order chi connectivity index (χ1) is 4.16. The molecule has 0 rings (SSSR count). The molecule has 0 saturated carbocycles. The van der Waals surface area contributed by atoms with Crippen LogP contribution in [0.4, 0.5) is 0 Å². The van der Waals surface area contributed by atoms with Gasteiger partial charge in [-0.1, -0.05) is 0 Å². The summed E-state index contributed by atoms with van der Waals surface area (Å²) in [4.78, 5) is 20.6. The Balaban J connectivity index is 0. The molecular formula is C6H10O3V. The Hall–Kier alpha value is -0.276. The zero-order valence-corrected chi connectivity index (χ0v) is 7.48. The van der Waals surface area contributed by atoms with Crippen LogP contribution in [0, 0.1) is 0 Å². The number of ketones is 1. The van der Waals surface area contributed by atoms with Gasteiger partial charge in [-0.25, -0.2) is 0 Å². The van der Waals surface area contributed by atoms with E-state index in [1.165, 1.54) is 6.92 Å². The molecule has 0 fully saturated rings. The average Bonchev–Trinajstić information content (AvgIpc) is 1.63. The summed E-state index contributed by atoms with van der Waals surface area (Å²) in [5.41, 5.74) is 0. The quantitative estimate of drug-likeness (QED) is 0.471. The van der Waals surface area contributed by atoms with E-state index >= 15 is 0 Å². The topological polar surface area (TPSA) is 43.4 Å². The SMILES string of the molecule is CCOC(=O)CC(C)=O.[V]. The first-order valence-corrected chi connectivity index (χ1v) is 2.82. The molecule has 3 nitrogen and oxygen atoms in total. The van der Waals surface area contributed by atoms with Gasteiger partial charge >= 0.3 is 5.97 Å². The molecule has 4 heteroatoms. The summed E-state index contributed by atoms with van der Waals surface area (Å²) in [6.07, 6.45) is -0.103. The molecule has 0 aromatic carbocycles. The minimum Gasteiger partial charge on any atom is -0.466 e. The van der Waals surface area contributed by atoms with Gasteiger partial charge in [-0.15, -0.1) is 0 Å². The van der Waals surface area contributed by atoms with Crippen molar-refractivity contribution in [2.75, 3.05) is 6.61 Å². The summed E-state index contributed by atoms with van der Waals surface area (Å²) < 4.78 is 4.49. The molecule has 0 amide bonds. The number of hydrogen-bond donors (Lipinski definition) is 0. The summed E-state index contributed by atoms with van der Waals surface area (Å²) in [5, 5.41) is 0. The molecule has 0 aromatic heterocycles. The minimum absolute atomic E-state index is 0. The van der Waals surface area contributed by atoms with Gasteiger partial charge in [0, 0.05) is 18.6 Å². The number of esters is 1. The minimum atomic E-state index is -0.440. The molecule has 0 saturated heterocycles. The predicted molar refractivity (Wildman–Crippen MR) is 31.9 cm³/mol. The molecule has 0 aliphatic carbocycles. The van der Waals surface area contributed by atoms with Crippen LogP contribution in [0.2, 0.25) is 0 Å². The van der Waals surface area contributed by atoms with E-state index in [4.69, 9.17) is 0 Å². The molecule has 0 unspecified atom stereocenters. The third-order valence-corrected chi connectivity index (χ3v) is 0.699. The second-order valence-corrected chi connectivity index (χ2v) is 1.68. The Labute approximate surface area is 72.0 Å². The molecule has 0 heterocycles. The van der Waals surface area contributed by atoms with Crippen molar-refractivity contribution in [1.82, 2.24) is 0 Å². The van der Waals surface area contributed by atoms with Crippen LogP contribution in [0.3, 0.4) is 0 Å². The van der Waals surface area contributed by atoms with Crippen LogP contribution in [0.5, 0.6) is 0 Å². The zero-order chi connectivity index (χ0) is 7.28. The number of carbonyl (C=O) groups excluding carboxylic acids is 2. The average molecular weight is 181 g/mol. The molecule has 0 bridgehead atoms. The number of ether oxygens (including phenoxy) is 1. The van der Waals surface area contributed by atoms with Gasteiger partial charge in [0.15, 0.2) is 0 Å². The van der Waals surface area contributed by atoms with Crippen molar-refractivity contribution >= 4 is 11.8 Å². The van der Waals surface area contributed by atoms with Gasteiger partial charge in [0.1, 0.15) is 12.2 Å². The Morgan fingerprint density at radius 1 is 1.40 bits per heavy atom. The summed E-state index contributed by atoms with van der Waals surface area (Å²) in [5.74, 6) is -0.599. The summed E-state index contributed by atoms with van der Waals surface area (Å²) >= 11 is 0. The Morgan fingerprint density at radius 2 is 1.90 bits per heavy atom. The van der Waals surface area contributed by atoms with Crippen molar-refractivity contribution in [3.63, 3.8) is 0 Å². The maximum Gasteiger partial charge on any atom is 0.313 e. The summed E-state index contributed by atoms with van der Waals surface area (Å²) in [6, 6.07) is 0. The molecule has 57 valence electrons. The Kier molecular flexibility index (Phi) is 8.48. The molecule has 0 aliphatic rings. The monoisotopic (exact) mass is 181 g/mol. The van der Waals surface area contributed by atoms with Crippen molar-refractivity contribution in [1.29, 1.82) is 0 Å². The van der Waals surface area contributed by atoms with Crippen LogP contribution >= 0.6 is 0 Å². The fourth-order valence-corrected chi connectivity index (χ4v) is 0.415. The van der Waals surface area contributed by atoms with Crippen LogP contribution in [-0.2, 0) is 32.9 Å². The van der Waals surface area contributed by atoms with E-state index < -0.39 is 5.97 Å². The number of carbonyl (C=O) groups is 2. The zero-order valence-electron chi connectivity index (χ0n) is 6.09. The largest absolute Gasteiger partial charge is 0.466 e. The van der Waals surface area contributed by atoms with E-state index in [1.807, 2.05) is 0 Å². The van der Waals surface area contributed by atoms with E-state index in [0.29, 0.717) is 6.61 Å². The van der Waals surface area contributed by atoms with E-state index in [0.717, 1.165) is 0 Å². The number of rotatable bonds is 3. The van der Waals surface area contributed by atoms with E-state index in [9.17, 15) is 9.59 Å². The van der Waals surface area contributed by atoms with Crippen LogP contribution in [0.25, 0.3) is 0 Å². The van der Waals surface area contributed by atoms with Crippen molar-refractivity contribution in [3.8, 4) is 0 Å². The normalized spacial score (nSPS) is 7.80. The molecule has 0 spiro atoms. The van der Waals surface area contributed by atoms with Crippen molar-refractivity contribution in [2.45, 2.75) is 20.3 Å². The van der Waals surface area contributed by atoms with E-state index in [-0.39, 0.29) is 30.8 Å². The van der Waals surface area contributed by atoms with E-state index in [1.54, 1.807) is 6.92 Å². The van der Waals surface area contributed by atoms with Crippen molar-refractivity contribution in [2.24, 2.45) is 0 Å². The van der Waals surface area contributed by atoms with Crippen LogP contribution in [0.1, 0.15) is 20.3 Å². The number of hydrogen-bond acceptors (Lipinski definition) is 3. The van der Waals surface area contributed by atoms with Gasteiger partial charge in [0.2, 0.25) is 0 Å². The Bertz CT molecular complexity index is 122. The molecular weight excluding hydrogens is 171 g/mol. The molecule has 10 heavy (non-hydrogen) atoms. The fraction of sp³-hybridized carbons (Fsp3) is 0.667. The van der Waals surface area contributed by atoms with Crippen molar-refractivity contribution < 1.29 is 32.9 Å². The van der Waals surface area contributed by atoms with Gasteiger partial charge in [0.25, 0.3) is 0 Å². The third-order valence-electron chi connectivity index (χ3n) is 0.699. The maximum absolute atomic E-state index is 10.4. The number of Topliss-reactive ketones (excluding diaryl/α,β-unsaturated/α-hetero) is 1. The maximum atomic E-state index is 10.4. The Morgan fingerprint density at radius 3 is 2.20 bits per heavy atom. The molecule has 0 aliphatic heterocycles. The van der Waals surface area contributed by atoms with E-state index in [2.05, 4.69) is 4.74 Å². The predicted octanol–water partition coefficient (Wildman–Crippen LogP) is 0.526. The molecule has 0 N–H and O–H groups in total. The first kappa shape index (κ1) is 12.4. The molecule has 0 atom stereocenters. The van der Waals surface area contributed by atoms with Crippen LogP contribution in [0.15, 0.2) is 0 Å². The van der Waals surface area contributed by atoms with Gasteiger partial charge in [-0.05, 0) is 13.8 Å².